The summed E-state index contributed by atoms with van der Waals surface area (Å²) in [6.45, 7) is 2.65. The second-order valence-electron chi connectivity index (χ2n) is 3.42. The van der Waals surface area contributed by atoms with Crippen molar-refractivity contribution in [3.8, 4) is 11.8 Å². The van der Waals surface area contributed by atoms with Crippen LogP contribution in [0.5, 0.6) is 5.75 Å². The van der Waals surface area contributed by atoms with Gasteiger partial charge in [0, 0.05) is 12.1 Å². The highest BCUT2D eigenvalue weighted by Crippen LogP contribution is 2.28. The van der Waals surface area contributed by atoms with Gasteiger partial charge in [0.2, 0.25) is 0 Å². The van der Waals surface area contributed by atoms with E-state index in [1.807, 2.05) is 13.0 Å². The monoisotopic (exact) mass is 269 g/mol. The van der Waals surface area contributed by atoms with E-state index in [0.29, 0.717) is 12.3 Å². The molecule has 0 aliphatic carbocycles. The average molecular weight is 270 g/mol. The number of non-ortho nitro benzene ring substituents is 1. The molecule has 6 nitrogen and oxygen atoms in total. The molecule has 18 heavy (non-hydrogen) atoms. The SMILES string of the molecule is CCNC(C#N)COc1ccc([N+](=O)[O-])cc1Cl. The van der Waals surface area contributed by atoms with Crippen molar-refractivity contribution in [1.29, 1.82) is 5.26 Å². The van der Waals surface area contributed by atoms with Gasteiger partial charge in [0.25, 0.3) is 5.69 Å². The fourth-order valence-electron chi connectivity index (χ4n) is 1.28. The first-order valence-corrected chi connectivity index (χ1v) is 5.66. The third-order valence-electron chi connectivity index (χ3n) is 2.14. The molecule has 0 aromatic heterocycles. The van der Waals surface area contributed by atoms with Gasteiger partial charge in [-0.15, -0.1) is 0 Å². The molecular formula is C11H12ClN3O3. The minimum atomic E-state index is -0.535. The highest BCUT2D eigenvalue weighted by atomic mass is 35.5. The largest absolute Gasteiger partial charge is 0.489 e. The van der Waals surface area contributed by atoms with Crippen molar-refractivity contribution in [3.63, 3.8) is 0 Å². The Balaban J connectivity index is 2.68. The predicted molar refractivity (Wildman–Crippen MR) is 66.7 cm³/mol. The number of nitriles is 1. The van der Waals surface area contributed by atoms with Crippen LogP contribution in [0.2, 0.25) is 5.02 Å². The lowest BCUT2D eigenvalue weighted by atomic mass is 10.3. The lowest BCUT2D eigenvalue weighted by Crippen LogP contribution is -2.33. The number of nitro groups is 1. The lowest BCUT2D eigenvalue weighted by Gasteiger charge is -2.12. The number of nitrogens with zero attached hydrogens (tertiary/aromatic N) is 2. The zero-order valence-corrected chi connectivity index (χ0v) is 10.5. The van der Waals surface area contributed by atoms with Crippen LogP contribution >= 0.6 is 11.6 Å². The normalized spacial score (nSPS) is 11.6. The number of likely N-dealkylation sites (N-methyl/N-ethyl adjacent to an activating group) is 1. The Morgan fingerprint density at radius 3 is 2.89 bits per heavy atom. The van der Waals surface area contributed by atoms with Gasteiger partial charge >= 0.3 is 0 Å². The zero-order valence-electron chi connectivity index (χ0n) is 9.72. The first kappa shape index (κ1) is 14.2. The molecule has 0 fully saturated rings. The summed E-state index contributed by atoms with van der Waals surface area (Å²) >= 11 is 5.84. The highest BCUT2D eigenvalue weighted by Gasteiger charge is 2.12. The predicted octanol–water partition coefficient (Wildman–Crippen LogP) is 2.13. The van der Waals surface area contributed by atoms with Crippen LogP contribution in [-0.2, 0) is 0 Å². The van der Waals surface area contributed by atoms with Crippen molar-refractivity contribution in [3.05, 3.63) is 33.3 Å². The molecule has 0 bridgehead atoms. The fourth-order valence-corrected chi connectivity index (χ4v) is 1.51. The summed E-state index contributed by atoms with van der Waals surface area (Å²) in [4.78, 5) is 9.98. The maximum absolute atomic E-state index is 10.5. The number of rotatable bonds is 6. The van der Waals surface area contributed by atoms with E-state index in [-0.39, 0.29) is 17.3 Å². The van der Waals surface area contributed by atoms with Crippen molar-refractivity contribution in [2.75, 3.05) is 13.2 Å². The first-order valence-electron chi connectivity index (χ1n) is 5.28. The maximum atomic E-state index is 10.5. The van der Waals surface area contributed by atoms with Crippen LogP contribution in [0, 0.1) is 21.4 Å². The van der Waals surface area contributed by atoms with E-state index < -0.39 is 11.0 Å². The summed E-state index contributed by atoms with van der Waals surface area (Å²) in [5.74, 6) is 0.320. The quantitative estimate of drug-likeness (QED) is 0.631. The number of hydrogen-bond acceptors (Lipinski definition) is 5. The molecule has 0 aliphatic rings. The summed E-state index contributed by atoms with van der Waals surface area (Å²) in [7, 11) is 0. The van der Waals surface area contributed by atoms with Crippen LogP contribution in [0.15, 0.2) is 18.2 Å². The topological polar surface area (TPSA) is 88.2 Å². The Bertz CT molecular complexity index is 473. The summed E-state index contributed by atoms with van der Waals surface area (Å²) in [6.07, 6.45) is 0. The van der Waals surface area contributed by atoms with Crippen LogP contribution in [0.4, 0.5) is 5.69 Å². The van der Waals surface area contributed by atoms with Gasteiger partial charge in [-0.1, -0.05) is 18.5 Å². The molecule has 1 unspecified atom stereocenters. The van der Waals surface area contributed by atoms with Crippen molar-refractivity contribution in [1.82, 2.24) is 5.32 Å². The number of ether oxygens (including phenoxy) is 1. The van der Waals surface area contributed by atoms with Crippen LogP contribution in [-0.4, -0.2) is 24.1 Å². The van der Waals surface area contributed by atoms with Crippen LogP contribution in [0.25, 0.3) is 0 Å². The molecule has 96 valence electrons. The summed E-state index contributed by atoms with van der Waals surface area (Å²) in [5.41, 5.74) is -0.101. The average Bonchev–Trinajstić information content (AvgIpc) is 2.35. The first-order chi connectivity index (χ1) is 8.58. The molecule has 0 amide bonds. The Hall–Kier alpha value is -1.84. The Morgan fingerprint density at radius 1 is 1.67 bits per heavy atom. The van der Waals surface area contributed by atoms with Gasteiger partial charge in [0.1, 0.15) is 18.4 Å². The van der Waals surface area contributed by atoms with Crippen molar-refractivity contribution in [2.45, 2.75) is 13.0 Å². The van der Waals surface area contributed by atoms with Gasteiger partial charge < -0.3 is 4.74 Å². The van der Waals surface area contributed by atoms with Crippen molar-refractivity contribution < 1.29 is 9.66 Å². The summed E-state index contributed by atoms with van der Waals surface area (Å²) < 4.78 is 5.34. The number of benzene rings is 1. The second-order valence-corrected chi connectivity index (χ2v) is 3.83. The Morgan fingerprint density at radius 2 is 2.39 bits per heavy atom. The molecule has 1 N–H and O–H groups in total. The van der Waals surface area contributed by atoms with Crippen molar-refractivity contribution >= 4 is 17.3 Å². The molecule has 0 spiro atoms. The smallest absolute Gasteiger partial charge is 0.271 e. The molecule has 1 rings (SSSR count). The van der Waals surface area contributed by atoms with Gasteiger partial charge in [-0.25, -0.2) is 0 Å². The van der Waals surface area contributed by atoms with Gasteiger partial charge in [-0.2, -0.15) is 5.26 Å². The molecule has 0 heterocycles. The third-order valence-corrected chi connectivity index (χ3v) is 2.43. The number of nitro benzene ring substituents is 1. The summed E-state index contributed by atoms with van der Waals surface area (Å²) in [6, 6.07) is 5.52. The standard InChI is InChI=1S/C11H12ClN3O3/c1-2-14-8(6-13)7-18-11-4-3-9(15(16)17)5-10(11)12/h3-5,8,14H,2,7H2,1H3. The van der Waals surface area contributed by atoms with Crippen LogP contribution in [0.1, 0.15) is 6.92 Å². The van der Waals surface area contributed by atoms with E-state index in [0.717, 1.165) is 0 Å². The zero-order chi connectivity index (χ0) is 13.5. The van der Waals surface area contributed by atoms with Gasteiger partial charge in [0.15, 0.2) is 0 Å². The van der Waals surface area contributed by atoms with E-state index >= 15 is 0 Å². The molecule has 7 heteroatoms. The van der Waals surface area contributed by atoms with Gasteiger partial charge in [0.05, 0.1) is 16.0 Å². The van der Waals surface area contributed by atoms with Crippen LogP contribution < -0.4 is 10.1 Å². The molecule has 1 aromatic rings. The van der Waals surface area contributed by atoms with Gasteiger partial charge in [-0.3, -0.25) is 15.4 Å². The Labute approximate surface area is 109 Å². The number of halogens is 1. The highest BCUT2D eigenvalue weighted by molar-refractivity contribution is 6.32. The number of hydrogen-bond donors (Lipinski definition) is 1. The molecule has 1 atom stereocenters. The second kappa shape index (κ2) is 6.79. The van der Waals surface area contributed by atoms with E-state index in [4.69, 9.17) is 21.6 Å². The minimum absolute atomic E-state index is 0.101. The maximum Gasteiger partial charge on any atom is 0.271 e. The number of nitrogens with one attached hydrogen (secondary N) is 1. The molecule has 0 saturated carbocycles. The Kier molecular flexibility index (Phi) is 5.36. The molecule has 0 aliphatic heterocycles. The van der Waals surface area contributed by atoms with E-state index in [9.17, 15) is 10.1 Å². The molecular weight excluding hydrogens is 258 g/mol. The molecule has 1 aromatic carbocycles. The minimum Gasteiger partial charge on any atom is -0.489 e. The fraction of sp³-hybridized carbons (Fsp3) is 0.364. The van der Waals surface area contributed by atoms with Crippen molar-refractivity contribution in [2.24, 2.45) is 0 Å². The van der Waals surface area contributed by atoms with E-state index in [1.54, 1.807) is 0 Å². The van der Waals surface area contributed by atoms with E-state index in [2.05, 4.69) is 5.32 Å². The molecule has 0 saturated heterocycles. The van der Waals surface area contributed by atoms with Gasteiger partial charge in [-0.05, 0) is 12.6 Å². The third kappa shape index (κ3) is 3.87. The van der Waals surface area contributed by atoms with E-state index in [1.165, 1.54) is 18.2 Å². The molecule has 0 radical (unpaired) electrons. The lowest BCUT2D eigenvalue weighted by molar-refractivity contribution is -0.384. The summed E-state index contributed by atoms with van der Waals surface area (Å²) in [5, 5.41) is 22.4. The van der Waals surface area contributed by atoms with Crippen LogP contribution in [0.3, 0.4) is 0 Å².